The molecule has 0 spiro atoms. The van der Waals surface area contributed by atoms with E-state index in [1.165, 1.54) is 24.3 Å². The number of morpholine rings is 1. The van der Waals surface area contributed by atoms with E-state index in [0.29, 0.717) is 18.9 Å². The Bertz CT molecular complexity index is 645. The molecule has 1 aliphatic carbocycles. The number of nitrogens with two attached hydrogens (primary N) is 1. The fraction of sp³-hybridized carbons (Fsp3) is 0.579. The van der Waals surface area contributed by atoms with Crippen molar-refractivity contribution >= 4 is 11.8 Å². The van der Waals surface area contributed by atoms with Crippen molar-refractivity contribution in [2.75, 3.05) is 26.3 Å². The average Bonchev–Trinajstić information content (AvgIpc) is 3.15. The molecule has 1 atom stereocenters. The highest BCUT2D eigenvalue weighted by atomic mass is 19.1. The van der Waals surface area contributed by atoms with Crippen LogP contribution in [0, 0.1) is 11.7 Å². The molecule has 1 unspecified atom stereocenters. The summed E-state index contributed by atoms with van der Waals surface area (Å²) in [6.45, 7) is 1.17. The lowest BCUT2D eigenvalue weighted by atomic mass is 9.96. The van der Waals surface area contributed by atoms with Gasteiger partial charge in [0, 0.05) is 12.5 Å². The Hall–Kier alpha value is -2.15. The Morgan fingerprint density at radius 3 is 2.62 bits per heavy atom. The van der Waals surface area contributed by atoms with E-state index < -0.39 is 11.5 Å². The van der Waals surface area contributed by atoms with Crippen molar-refractivity contribution in [1.82, 2.24) is 4.90 Å². The molecule has 1 saturated heterocycles. The highest BCUT2D eigenvalue weighted by molar-refractivity contribution is 5.80. The number of rotatable bonds is 6. The second-order valence-electron chi connectivity index (χ2n) is 7.16. The predicted octanol–water partition coefficient (Wildman–Crippen LogP) is 1.87. The molecule has 1 aromatic carbocycles. The molecule has 2 fully saturated rings. The van der Waals surface area contributed by atoms with Crippen LogP contribution in [0.2, 0.25) is 0 Å². The Morgan fingerprint density at radius 1 is 1.27 bits per heavy atom. The molecular weight excluding hydrogens is 339 g/mol. The lowest BCUT2D eigenvalue weighted by Crippen LogP contribution is -2.58. The monoisotopic (exact) mass is 364 g/mol. The number of hydrogen-bond donors (Lipinski definition) is 1. The van der Waals surface area contributed by atoms with Gasteiger partial charge < -0.3 is 20.1 Å². The van der Waals surface area contributed by atoms with Crippen molar-refractivity contribution < 1.29 is 23.5 Å². The number of benzene rings is 1. The zero-order chi connectivity index (χ0) is 18.6. The zero-order valence-electron chi connectivity index (χ0n) is 14.8. The SMILES string of the molecule is NC(=O)CC1(COc2ccc(F)cc2)CN(C(=O)C2CCCC2)CCO1. The first-order chi connectivity index (χ1) is 12.5. The summed E-state index contributed by atoms with van der Waals surface area (Å²) >= 11 is 0. The summed E-state index contributed by atoms with van der Waals surface area (Å²) in [7, 11) is 0. The molecule has 1 aromatic rings. The molecule has 26 heavy (non-hydrogen) atoms. The third kappa shape index (κ3) is 4.52. The van der Waals surface area contributed by atoms with E-state index in [-0.39, 0.29) is 37.2 Å². The van der Waals surface area contributed by atoms with Gasteiger partial charge in [-0.2, -0.15) is 0 Å². The van der Waals surface area contributed by atoms with Gasteiger partial charge in [0.1, 0.15) is 23.8 Å². The van der Waals surface area contributed by atoms with Gasteiger partial charge in [-0.1, -0.05) is 12.8 Å². The van der Waals surface area contributed by atoms with Gasteiger partial charge in [-0.15, -0.1) is 0 Å². The number of nitrogens with zero attached hydrogens (tertiary/aromatic N) is 1. The van der Waals surface area contributed by atoms with Crippen molar-refractivity contribution in [1.29, 1.82) is 0 Å². The largest absolute Gasteiger partial charge is 0.490 e. The number of carbonyl (C=O) groups is 2. The van der Waals surface area contributed by atoms with Crippen molar-refractivity contribution in [3.05, 3.63) is 30.1 Å². The average molecular weight is 364 g/mol. The molecule has 2 aliphatic rings. The lowest BCUT2D eigenvalue weighted by molar-refractivity contribution is -0.164. The maximum Gasteiger partial charge on any atom is 0.225 e. The number of hydrogen-bond acceptors (Lipinski definition) is 4. The zero-order valence-corrected chi connectivity index (χ0v) is 14.8. The number of halogens is 1. The molecule has 0 radical (unpaired) electrons. The predicted molar refractivity (Wildman–Crippen MR) is 92.9 cm³/mol. The molecule has 6 nitrogen and oxygen atoms in total. The Balaban J connectivity index is 1.69. The molecule has 1 saturated carbocycles. The molecule has 1 aliphatic heterocycles. The third-order valence-corrected chi connectivity index (χ3v) is 5.08. The highest BCUT2D eigenvalue weighted by Gasteiger charge is 2.42. The normalized spacial score (nSPS) is 23.8. The topological polar surface area (TPSA) is 81.9 Å². The molecule has 0 aromatic heterocycles. The van der Waals surface area contributed by atoms with Crippen LogP contribution in [0.5, 0.6) is 5.75 Å². The smallest absolute Gasteiger partial charge is 0.225 e. The van der Waals surface area contributed by atoms with Crippen LogP contribution in [0.4, 0.5) is 4.39 Å². The van der Waals surface area contributed by atoms with Gasteiger partial charge in [0.2, 0.25) is 11.8 Å². The van der Waals surface area contributed by atoms with Crippen molar-refractivity contribution in [3.63, 3.8) is 0 Å². The maximum atomic E-state index is 13.0. The molecule has 1 heterocycles. The summed E-state index contributed by atoms with van der Waals surface area (Å²) in [6, 6.07) is 5.62. The van der Waals surface area contributed by atoms with Gasteiger partial charge in [-0.05, 0) is 37.1 Å². The van der Waals surface area contributed by atoms with E-state index in [1.807, 2.05) is 0 Å². The van der Waals surface area contributed by atoms with E-state index in [9.17, 15) is 14.0 Å². The fourth-order valence-corrected chi connectivity index (χ4v) is 3.77. The minimum atomic E-state index is -0.979. The molecule has 142 valence electrons. The highest BCUT2D eigenvalue weighted by Crippen LogP contribution is 2.30. The van der Waals surface area contributed by atoms with Crippen LogP contribution in [0.25, 0.3) is 0 Å². The second kappa shape index (κ2) is 8.03. The Kier molecular flexibility index (Phi) is 5.76. The first-order valence-corrected chi connectivity index (χ1v) is 9.07. The summed E-state index contributed by atoms with van der Waals surface area (Å²) in [5.74, 6) is -0.203. The van der Waals surface area contributed by atoms with Gasteiger partial charge in [-0.3, -0.25) is 9.59 Å². The van der Waals surface area contributed by atoms with Crippen LogP contribution in [0.1, 0.15) is 32.1 Å². The van der Waals surface area contributed by atoms with Crippen LogP contribution in [0.3, 0.4) is 0 Å². The molecule has 0 bridgehead atoms. The summed E-state index contributed by atoms with van der Waals surface area (Å²) in [4.78, 5) is 26.1. The van der Waals surface area contributed by atoms with Crippen LogP contribution in [-0.2, 0) is 14.3 Å². The lowest BCUT2D eigenvalue weighted by Gasteiger charge is -2.42. The second-order valence-corrected chi connectivity index (χ2v) is 7.16. The summed E-state index contributed by atoms with van der Waals surface area (Å²) < 4.78 is 24.6. The standard InChI is InChI=1S/C19H25FN2O4/c20-15-5-7-16(8-6-15)25-13-19(11-17(21)23)12-22(9-10-26-19)18(24)14-3-1-2-4-14/h5-8,14H,1-4,9-13H2,(H2,21,23). The van der Waals surface area contributed by atoms with Crippen molar-refractivity contribution in [2.45, 2.75) is 37.7 Å². The van der Waals surface area contributed by atoms with Crippen molar-refractivity contribution in [2.24, 2.45) is 11.7 Å². The van der Waals surface area contributed by atoms with Crippen LogP contribution in [-0.4, -0.2) is 48.6 Å². The number of amides is 2. The Morgan fingerprint density at radius 2 is 1.96 bits per heavy atom. The van der Waals surface area contributed by atoms with E-state index in [0.717, 1.165) is 25.7 Å². The quantitative estimate of drug-likeness (QED) is 0.835. The minimum Gasteiger partial charge on any atom is -0.490 e. The fourth-order valence-electron chi connectivity index (χ4n) is 3.77. The van der Waals surface area contributed by atoms with E-state index >= 15 is 0 Å². The molecule has 2 N–H and O–H groups in total. The minimum absolute atomic E-state index is 0.0390. The molecule has 2 amide bonds. The van der Waals surface area contributed by atoms with E-state index in [4.69, 9.17) is 15.2 Å². The summed E-state index contributed by atoms with van der Waals surface area (Å²) in [5, 5.41) is 0. The first kappa shape index (κ1) is 18.6. The van der Waals surface area contributed by atoms with Crippen LogP contribution >= 0.6 is 0 Å². The van der Waals surface area contributed by atoms with Gasteiger partial charge in [0.15, 0.2) is 0 Å². The van der Waals surface area contributed by atoms with Gasteiger partial charge >= 0.3 is 0 Å². The van der Waals surface area contributed by atoms with Gasteiger partial charge in [-0.25, -0.2) is 4.39 Å². The van der Waals surface area contributed by atoms with E-state index in [2.05, 4.69) is 0 Å². The molecular formula is C19H25FN2O4. The molecule has 7 heteroatoms. The Labute approximate surface area is 152 Å². The first-order valence-electron chi connectivity index (χ1n) is 9.07. The number of ether oxygens (including phenoxy) is 2. The molecule has 3 rings (SSSR count). The summed E-state index contributed by atoms with van der Waals surface area (Å²) in [6.07, 6.45) is 3.97. The third-order valence-electron chi connectivity index (χ3n) is 5.08. The number of primary amides is 1. The number of carbonyl (C=O) groups excluding carboxylic acids is 2. The van der Waals surface area contributed by atoms with Crippen LogP contribution in [0.15, 0.2) is 24.3 Å². The maximum absolute atomic E-state index is 13.0. The van der Waals surface area contributed by atoms with Gasteiger partial charge in [0.25, 0.3) is 0 Å². The van der Waals surface area contributed by atoms with Crippen molar-refractivity contribution in [3.8, 4) is 5.75 Å². The van der Waals surface area contributed by atoms with Crippen LogP contribution < -0.4 is 10.5 Å². The van der Waals surface area contributed by atoms with E-state index in [1.54, 1.807) is 4.90 Å². The van der Waals surface area contributed by atoms with Gasteiger partial charge in [0.05, 0.1) is 19.6 Å². The summed E-state index contributed by atoms with van der Waals surface area (Å²) in [5.41, 5.74) is 4.43.